The zero-order chi connectivity index (χ0) is 30.1. The predicted molar refractivity (Wildman–Crippen MR) is 160 cm³/mol. The summed E-state index contributed by atoms with van der Waals surface area (Å²) in [5, 5.41) is 8.15. The molecule has 220 valence electrons. The van der Waals surface area contributed by atoms with Crippen LogP contribution in [0.4, 0.5) is 11.6 Å². The molecule has 2 aliphatic rings. The molecule has 4 aromatic rings. The van der Waals surface area contributed by atoms with Gasteiger partial charge < -0.3 is 10.2 Å². The van der Waals surface area contributed by atoms with Crippen LogP contribution in [-0.2, 0) is 24.1 Å². The Hall–Kier alpha value is -4.26. The van der Waals surface area contributed by atoms with Crippen molar-refractivity contribution in [3.05, 3.63) is 75.1 Å². The van der Waals surface area contributed by atoms with Crippen LogP contribution in [0.15, 0.2) is 41.5 Å². The number of pyridine rings is 1. The van der Waals surface area contributed by atoms with Crippen molar-refractivity contribution in [3.8, 4) is 0 Å². The van der Waals surface area contributed by atoms with Crippen molar-refractivity contribution in [3.63, 3.8) is 0 Å². The van der Waals surface area contributed by atoms with Gasteiger partial charge in [-0.05, 0) is 67.9 Å². The number of carbonyl (C=O) groups is 1. The average Bonchev–Trinajstić information content (AvgIpc) is 3.20. The van der Waals surface area contributed by atoms with Crippen LogP contribution in [0.5, 0.6) is 0 Å². The molecule has 0 spiro atoms. The fourth-order valence-electron chi connectivity index (χ4n) is 6.32. The zero-order valence-corrected chi connectivity index (χ0v) is 25.2. The fraction of sp³-hybridized carbons (Fsp3) is 0.414. The highest BCUT2D eigenvalue weighted by atomic mass is 32.2. The first-order chi connectivity index (χ1) is 19.8. The lowest BCUT2D eigenvalue weighted by molar-refractivity contribution is 0.0977. The molecule has 1 saturated carbocycles. The minimum atomic E-state index is -3.78. The average molecular weight is 591 g/mol. The van der Waals surface area contributed by atoms with E-state index in [-0.39, 0.29) is 11.3 Å². The van der Waals surface area contributed by atoms with E-state index in [1.165, 1.54) is 5.56 Å². The number of anilines is 2. The second-order valence-corrected chi connectivity index (χ2v) is 13.4. The van der Waals surface area contributed by atoms with Gasteiger partial charge in [0.25, 0.3) is 11.5 Å². The number of sulfonamides is 1. The molecule has 0 bridgehead atoms. The number of fused-ring (bicyclic) bond motifs is 2. The van der Waals surface area contributed by atoms with Crippen LogP contribution in [0.2, 0.25) is 0 Å². The molecule has 1 aliphatic heterocycles. The largest absolute Gasteiger partial charge is 0.377 e. The Morgan fingerprint density at radius 3 is 2.45 bits per heavy atom. The molecule has 2 fully saturated rings. The van der Waals surface area contributed by atoms with Gasteiger partial charge in [0.05, 0.1) is 35.1 Å². The summed E-state index contributed by atoms with van der Waals surface area (Å²) in [6.45, 7) is 7.20. The molecule has 3 aromatic heterocycles. The number of amides is 1. The SMILES string of the molecule is Cc1cc([C@@H](C)Nc2ccc(C)nc2C(=O)NS(C)(=O)=O)c2nc(N3C[C@@H]4C(c5cnn(C)c5)[C@@H]4C3)n(C)c(=O)c2c1. The van der Waals surface area contributed by atoms with Gasteiger partial charge in [-0.25, -0.2) is 23.1 Å². The third-order valence-electron chi connectivity index (χ3n) is 8.28. The summed E-state index contributed by atoms with van der Waals surface area (Å²) in [7, 11) is -0.0865. The minimum absolute atomic E-state index is 0.0340. The summed E-state index contributed by atoms with van der Waals surface area (Å²) in [5.74, 6) is 1.31. The summed E-state index contributed by atoms with van der Waals surface area (Å²) < 4.78 is 28.9. The van der Waals surface area contributed by atoms with E-state index in [0.29, 0.717) is 46.0 Å². The second-order valence-electron chi connectivity index (χ2n) is 11.7. The van der Waals surface area contributed by atoms with Crippen LogP contribution in [-0.4, -0.2) is 58.0 Å². The van der Waals surface area contributed by atoms with E-state index in [9.17, 15) is 18.0 Å². The van der Waals surface area contributed by atoms with Gasteiger partial charge in [0.2, 0.25) is 16.0 Å². The molecule has 12 nitrogen and oxygen atoms in total. The molecule has 1 saturated heterocycles. The van der Waals surface area contributed by atoms with Gasteiger partial charge in [0.1, 0.15) is 0 Å². The third kappa shape index (κ3) is 5.02. The van der Waals surface area contributed by atoms with Crippen molar-refractivity contribution in [1.82, 2.24) is 29.0 Å². The van der Waals surface area contributed by atoms with E-state index < -0.39 is 22.0 Å². The van der Waals surface area contributed by atoms with Crippen LogP contribution in [0.3, 0.4) is 0 Å². The Morgan fingerprint density at radius 2 is 1.81 bits per heavy atom. The van der Waals surface area contributed by atoms with E-state index in [1.807, 2.05) is 48.6 Å². The molecule has 13 heteroatoms. The quantitative estimate of drug-likeness (QED) is 0.332. The number of rotatable bonds is 7. The number of aromatic nitrogens is 5. The van der Waals surface area contributed by atoms with Gasteiger partial charge in [0, 0.05) is 44.6 Å². The summed E-state index contributed by atoms with van der Waals surface area (Å²) >= 11 is 0. The first-order valence-electron chi connectivity index (χ1n) is 13.8. The normalized spacial score (nSPS) is 20.4. The Labute approximate surface area is 243 Å². The minimum Gasteiger partial charge on any atom is -0.377 e. The standard InChI is InChI=1S/C29H34N8O4S/c1-15-9-19(17(3)32-23-8-7-16(2)31-26(23)27(38)34-42(6,40)41)25-20(10-15)28(39)36(5)29(33-25)37-13-21-22(14-37)24(21)18-11-30-35(4)12-18/h7-12,17,21-22,24,32H,13-14H2,1-6H3,(H,34,38)/t17-,21-,22+,24?/m1/s1. The Kier molecular flexibility index (Phi) is 6.59. The molecule has 1 aliphatic carbocycles. The molecular weight excluding hydrogens is 556 g/mol. The molecular formula is C29H34N8O4S. The fourth-order valence-corrected chi connectivity index (χ4v) is 6.76. The van der Waals surface area contributed by atoms with E-state index >= 15 is 0 Å². The second kappa shape index (κ2) is 9.93. The Bertz CT molecular complexity index is 1900. The van der Waals surface area contributed by atoms with Gasteiger partial charge in [-0.3, -0.25) is 18.8 Å². The smallest absolute Gasteiger partial charge is 0.285 e. The van der Waals surface area contributed by atoms with Gasteiger partial charge in [0.15, 0.2) is 5.69 Å². The van der Waals surface area contributed by atoms with Crippen molar-refractivity contribution in [2.75, 3.05) is 29.6 Å². The van der Waals surface area contributed by atoms with E-state index in [4.69, 9.17) is 4.98 Å². The monoisotopic (exact) mass is 590 g/mol. The number of hydrogen-bond acceptors (Lipinski definition) is 9. The van der Waals surface area contributed by atoms with Crippen LogP contribution in [0.25, 0.3) is 10.9 Å². The van der Waals surface area contributed by atoms with E-state index in [1.54, 1.807) is 30.7 Å². The number of benzene rings is 1. The van der Waals surface area contributed by atoms with Crippen LogP contribution < -0.4 is 20.5 Å². The third-order valence-corrected chi connectivity index (χ3v) is 8.84. The molecule has 2 N–H and O–H groups in total. The van der Waals surface area contributed by atoms with Crippen LogP contribution >= 0.6 is 0 Å². The predicted octanol–water partition coefficient (Wildman–Crippen LogP) is 2.39. The van der Waals surface area contributed by atoms with Gasteiger partial charge in [-0.2, -0.15) is 5.10 Å². The maximum atomic E-state index is 13.6. The Morgan fingerprint density at radius 1 is 1.10 bits per heavy atom. The topological polar surface area (TPSA) is 144 Å². The number of aryl methyl sites for hydroxylation is 3. The summed E-state index contributed by atoms with van der Waals surface area (Å²) in [5.41, 5.74) is 4.32. The molecule has 4 atom stereocenters. The van der Waals surface area contributed by atoms with Crippen molar-refractivity contribution < 1.29 is 13.2 Å². The maximum absolute atomic E-state index is 13.6. The molecule has 1 amide bonds. The first-order valence-corrected chi connectivity index (χ1v) is 15.7. The first kappa shape index (κ1) is 27.9. The van der Waals surface area contributed by atoms with Crippen molar-refractivity contribution >= 4 is 38.5 Å². The van der Waals surface area contributed by atoms with Gasteiger partial charge in [-0.1, -0.05) is 6.07 Å². The lowest BCUT2D eigenvalue weighted by Crippen LogP contribution is -2.32. The maximum Gasteiger partial charge on any atom is 0.285 e. The number of nitrogens with zero attached hydrogens (tertiary/aromatic N) is 6. The van der Waals surface area contributed by atoms with E-state index in [2.05, 4.69) is 26.5 Å². The van der Waals surface area contributed by atoms with Crippen molar-refractivity contribution in [1.29, 1.82) is 0 Å². The highest BCUT2D eigenvalue weighted by Gasteiger charge is 2.57. The van der Waals surface area contributed by atoms with Crippen molar-refractivity contribution in [2.24, 2.45) is 25.9 Å². The van der Waals surface area contributed by atoms with Crippen molar-refractivity contribution in [2.45, 2.75) is 32.7 Å². The summed E-state index contributed by atoms with van der Waals surface area (Å²) in [6, 6.07) is 6.87. The molecule has 42 heavy (non-hydrogen) atoms. The molecule has 1 unspecified atom stereocenters. The number of hydrogen-bond donors (Lipinski definition) is 2. The lowest BCUT2D eigenvalue weighted by atomic mass is 10.0. The number of nitrogens with one attached hydrogen (secondary N) is 2. The Balaban J connectivity index is 1.33. The highest BCUT2D eigenvalue weighted by Crippen LogP contribution is 2.58. The summed E-state index contributed by atoms with van der Waals surface area (Å²) in [6.07, 6.45) is 4.95. The van der Waals surface area contributed by atoms with E-state index in [0.717, 1.165) is 30.5 Å². The molecule has 6 rings (SSSR count). The van der Waals surface area contributed by atoms with Crippen LogP contribution in [0.1, 0.15) is 51.8 Å². The summed E-state index contributed by atoms with van der Waals surface area (Å²) in [4.78, 5) is 38.0. The highest BCUT2D eigenvalue weighted by molar-refractivity contribution is 7.89. The number of piperidine rings is 1. The molecule has 4 heterocycles. The zero-order valence-electron chi connectivity index (χ0n) is 24.4. The van der Waals surface area contributed by atoms with Crippen LogP contribution in [0, 0.1) is 25.7 Å². The number of carbonyl (C=O) groups excluding carboxylic acids is 1. The lowest BCUT2D eigenvalue weighted by Gasteiger charge is -2.25. The molecule has 0 radical (unpaired) electrons. The molecule has 1 aromatic carbocycles. The van der Waals surface area contributed by atoms with Gasteiger partial charge >= 0.3 is 0 Å². The van der Waals surface area contributed by atoms with Gasteiger partial charge in [-0.15, -0.1) is 0 Å².